The van der Waals surface area contributed by atoms with Crippen LogP contribution in [-0.2, 0) is 19.1 Å². The van der Waals surface area contributed by atoms with Crippen molar-refractivity contribution < 1.29 is 29.3 Å². The van der Waals surface area contributed by atoms with Crippen molar-refractivity contribution in [1.29, 1.82) is 0 Å². The predicted molar refractivity (Wildman–Crippen MR) is 98.8 cm³/mol. The van der Waals surface area contributed by atoms with Crippen LogP contribution in [0.25, 0.3) is 0 Å². The van der Waals surface area contributed by atoms with Crippen molar-refractivity contribution in [2.45, 2.75) is 71.2 Å². The number of aliphatic hydroxyl groups is 2. The molecule has 1 aliphatic rings. The summed E-state index contributed by atoms with van der Waals surface area (Å²) in [4.78, 5) is 17.1. The molecule has 1 fully saturated rings. The van der Waals surface area contributed by atoms with E-state index in [0.717, 1.165) is 19.3 Å². The number of methoxy groups -OCH3 is 1. The second kappa shape index (κ2) is 10.2. The quantitative estimate of drug-likeness (QED) is 0.568. The topological polar surface area (TPSA) is 97.6 Å². The van der Waals surface area contributed by atoms with Crippen molar-refractivity contribution in [1.82, 2.24) is 0 Å². The van der Waals surface area contributed by atoms with E-state index in [9.17, 15) is 15.0 Å². The fourth-order valence-corrected chi connectivity index (χ4v) is 3.49. The molecule has 0 aromatic heterocycles. The van der Waals surface area contributed by atoms with E-state index in [-0.39, 0.29) is 30.5 Å². The summed E-state index contributed by atoms with van der Waals surface area (Å²) >= 11 is 0. The van der Waals surface area contributed by atoms with E-state index in [4.69, 9.17) is 14.3 Å². The second-order valence-corrected chi connectivity index (χ2v) is 7.72. The van der Waals surface area contributed by atoms with Crippen molar-refractivity contribution >= 4 is 11.7 Å². The lowest BCUT2D eigenvalue weighted by molar-refractivity contribution is -0.164. The predicted octanol–water partition coefficient (Wildman–Crippen LogP) is 2.14. The third kappa shape index (κ3) is 6.21. The summed E-state index contributed by atoms with van der Waals surface area (Å²) in [5.41, 5.74) is -0.938. The molecule has 0 saturated carbocycles. The minimum Gasteiger partial charge on any atom is -0.462 e. The maximum Gasteiger partial charge on any atom is 0.308 e. The normalized spacial score (nSPS) is 39.9. The number of carbonyl (C=O) groups is 1. The van der Waals surface area contributed by atoms with Crippen molar-refractivity contribution in [3.63, 3.8) is 0 Å². The highest BCUT2D eigenvalue weighted by Crippen LogP contribution is 2.27. The van der Waals surface area contributed by atoms with Gasteiger partial charge >= 0.3 is 5.97 Å². The third-order valence-electron chi connectivity index (χ3n) is 5.30. The first kappa shape index (κ1) is 22.9. The number of carbonyl (C=O) groups excluding carboxylic acids is 1. The molecular weight excluding hydrogens is 338 g/mol. The molecule has 7 nitrogen and oxygen atoms in total. The molecule has 0 bridgehead atoms. The highest BCUT2D eigenvalue weighted by molar-refractivity contribution is 5.88. The van der Waals surface area contributed by atoms with Crippen LogP contribution in [0.1, 0.15) is 53.4 Å². The number of nitrogens with zero attached hydrogens (tertiary/aromatic N) is 1. The van der Waals surface area contributed by atoms with Crippen LogP contribution < -0.4 is 0 Å². The van der Waals surface area contributed by atoms with Crippen molar-refractivity contribution in [3.8, 4) is 0 Å². The Morgan fingerprint density at radius 1 is 1.19 bits per heavy atom. The Bertz CT molecular complexity index is 479. The van der Waals surface area contributed by atoms with Crippen LogP contribution in [0.2, 0.25) is 0 Å². The zero-order chi connectivity index (χ0) is 19.9. The molecule has 0 radical (unpaired) electrons. The molecule has 0 spiro atoms. The summed E-state index contributed by atoms with van der Waals surface area (Å²) < 4.78 is 10.8. The molecule has 7 heteroatoms. The lowest BCUT2D eigenvalue weighted by Crippen LogP contribution is -2.50. The Labute approximate surface area is 156 Å². The molecule has 2 N–H and O–H groups in total. The number of esters is 1. The van der Waals surface area contributed by atoms with Gasteiger partial charge in [-0.3, -0.25) is 4.79 Å². The number of ether oxygens (including phenoxy) is 2. The van der Waals surface area contributed by atoms with Crippen LogP contribution in [0.4, 0.5) is 0 Å². The summed E-state index contributed by atoms with van der Waals surface area (Å²) in [6.45, 7) is 6.81. The van der Waals surface area contributed by atoms with Gasteiger partial charge in [0.05, 0.1) is 23.8 Å². The highest BCUT2D eigenvalue weighted by atomic mass is 16.6. The van der Waals surface area contributed by atoms with Gasteiger partial charge < -0.3 is 24.5 Å². The lowest BCUT2D eigenvalue weighted by Gasteiger charge is -2.35. The fourth-order valence-electron chi connectivity index (χ4n) is 3.49. The maximum atomic E-state index is 12.1. The monoisotopic (exact) mass is 373 g/mol. The zero-order valence-electron chi connectivity index (χ0n) is 16.9. The van der Waals surface area contributed by atoms with Crippen LogP contribution in [0.3, 0.4) is 0 Å². The molecule has 1 heterocycles. The van der Waals surface area contributed by atoms with Gasteiger partial charge in [0.25, 0.3) is 0 Å². The van der Waals surface area contributed by atoms with Crippen LogP contribution in [0, 0.1) is 17.8 Å². The molecule has 0 amide bonds. The van der Waals surface area contributed by atoms with E-state index in [1.165, 1.54) is 14.0 Å². The molecule has 0 aromatic rings. The van der Waals surface area contributed by atoms with Gasteiger partial charge in [0.2, 0.25) is 0 Å². The smallest absolute Gasteiger partial charge is 0.308 e. The largest absolute Gasteiger partial charge is 0.462 e. The third-order valence-corrected chi connectivity index (χ3v) is 5.30. The van der Waals surface area contributed by atoms with E-state index in [1.54, 1.807) is 14.0 Å². The van der Waals surface area contributed by atoms with Crippen LogP contribution in [-0.4, -0.2) is 60.5 Å². The SMILES string of the molecule is CO/N=C1\C(C)C(O)[C@](C)(O)COC(=O)C(C)CCCC(OC)C[C@H]1C. The Kier molecular flexibility index (Phi) is 9.00. The molecule has 26 heavy (non-hydrogen) atoms. The van der Waals surface area contributed by atoms with Crippen LogP contribution in [0.5, 0.6) is 0 Å². The summed E-state index contributed by atoms with van der Waals surface area (Å²) in [5.74, 6) is -1.10. The highest BCUT2D eigenvalue weighted by Gasteiger charge is 2.40. The fraction of sp³-hybridized carbons (Fsp3) is 0.895. The molecule has 4 unspecified atom stereocenters. The zero-order valence-corrected chi connectivity index (χ0v) is 16.9. The van der Waals surface area contributed by atoms with E-state index in [2.05, 4.69) is 5.16 Å². The molecule has 6 atom stereocenters. The van der Waals surface area contributed by atoms with E-state index >= 15 is 0 Å². The molecule has 0 aliphatic carbocycles. The Balaban J connectivity index is 3.12. The van der Waals surface area contributed by atoms with E-state index < -0.39 is 17.6 Å². The molecule has 1 aliphatic heterocycles. The number of aliphatic hydroxyl groups excluding tert-OH is 1. The molecular formula is C19H35NO6. The van der Waals surface area contributed by atoms with Gasteiger partial charge in [0, 0.05) is 18.9 Å². The average Bonchev–Trinajstić information content (AvgIpc) is 2.60. The van der Waals surface area contributed by atoms with E-state index in [1.807, 2.05) is 13.8 Å². The second-order valence-electron chi connectivity index (χ2n) is 7.72. The van der Waals surface area contributed by atoms with Crippen LogP contribution in [0.15, 0.2) is 5.16 Å². The first-order valence-corrected chi connectivity index (χ1v) is 9.34. The lowest BCUT2D eigenvalue weighted by atomic mass is 9.81. The van der Waals surface area contributed by atoms with E-state index in [0.29, 0.717) is 12.1 Å². The standard InChI is InChI=1S/C19H35NO6/c1-12-8-7-9-15(24-5)10-13(2)16(20-25-6)14(3)17(21)19(4,23)11-26-18(12)22/h12-15,17,21,23H,7-11H2,1-6H3/b20-16-/t12?,13-,14?,15?,17?,19-/m1/s1. The van der Waals surface area contributed by atoms with Crippen LogP contribution >= 0.6 is 0 Å². The van der Waals surface area contributed by atoms with Crippen molar-refractivity contribution in [2.24, 2.45) is 22.9 Å². The summed E-state index contributed by atoms with van der Waals surface area (Å²) in [6.07, 6.45) is 1.93. The molecule has 1 saturated heterocycles. The minimum absolute atomic E-state index is 0.00302. The maximum absolute atomic E-state index is 12.1. The Morgan fingerprint density at radius 2 is 1.85 bits per heavy atom. The van der Waals surface area contributed by atoms with Crippen molar-refractivity contribution in [3.05, 3.63) is 0 Å². The van der Waals surface area contributed by atoms with Gasteiger partial charge in [-0.05, 0) is 26.2 Å². The number of oxime groups is 1. The van der Waals surface area contributed by atoms with Gasteiger partial charge in [-0.1, -0.05) is 32.3 Å². The Morgan fingerprint density at radius 3 is 2.42 bits per heavy atom. The van der Waals surface area contributed by atoms with Gasteiger partial charge in [-0.15, -0.1) is 0 Å². The summed E-state index contributed by atoms with van der Waals surface area (Å²) in [6, 6.07) is 0. The van der Waals surface area contributed by atoms with Gasteiger partial charge in [0.1, 0.15) is 19.3 Å². The number of cyclic esters (lactones) is 1. The number of rotatable bonds is 2. The van der Waals surface area contributed by atoms with Gasteiger partial charge in [-0.2, -0.15) is 0 Å². The first-order chi connectivity index (χ1) is 12.1. The summed E-state index contributed by atoms with van der Waals surface area (Å²) in [5, 5.41) is 25.5. The Hall–Kier alpha value is -1.18. The average molecular weight is 373 g/mol. The minimum atomic E-state index is -1.59. The first-order valence-electron chi connectivity index (χ1n) is 9.34. The van der Waals surface area contributed by atoms with Gasteiger partial charge in [0.15, 0.2) is 0 Å². The summed E-state index contributed by atoms with van der Waals surface area (Å²) in [7, 11) is 3.13. The van der Waals surface area contributed by atoms with Crippen molar-refractivity contribution in [2.75, 3.05) is 20.8 Å². The number of hydrogen-bond acceptors (Lipinski definition) is 7. The van der Waals surface area contributed by atoms with Gasteiger partial charge in [-0.25, -0.2) is 0 Å². The molecule has 1 rings (SSSR count). The number of hydrogen-bond donors (Lipinski definition) is 2. The molecule has 152 valence electrons. The molecule has 0 aromatic carbocycles.